The number of benzene rings is 3. The third-order valence-electron chi connectivity index (χ3n) is 5.88. The minimum Gasteiger partial charge on any atom is -0.507 e. The molecule has 7 heteroatoms. The zero-order valence-corrected chi connectivity index (χ0v) is 19.8. The molecular formula is C26H23Cl2NO4. The van der Waals surface area contributed by atoms with E-state index in [0.29, 0.717) is 6.54 Å². The van der Waals surface area contributed by atoms with Crippen LogP contribution in [0.5, 0.6) is 5.75 Å². The first kappa shape index (κ1) is 23.1. The number of methoxy groups -OCH3 is 1. The van der Waals surface area contributed by atoms with Gasteiger partial charge in [0.25, 0.3) is 11.7 Å². The summed E-state index contributed by atoms with van der Waals surface area (Å²) in [6.45, 7) is 2.40. The van der Waals surface area contributed by atoms with E-state index < -0.39 is 17.7 Å². The Hall–Kier alpha value is -3.02. The van der Waals surface area contributed by atoms with Crippen molar-refractivity contribution in [3.8, 4) is 5.75 Å². The van der Waals surface area contributed by atoms with Gasteiger partial charge >= 0.3 is 0 Å². The molecule has 0 bridgehead atoms. The molecule has 0 aromatic heterocycles. The van der Waals surface area contributed by atoms with Gasteiger partial charge in [0.15, 0.2) is 0 Å². The van der Waals surface area contributed by atoms with Gasteiger partial charge in [-0.1, -0.05) is 79.0 Å². The minimum absolute atomic E-state index is 0.0101. The second kappa shape index (κ2) is 9.46. The van der Waals surface area contributed by atoms with E-state index in [9.17, 15) is 14.7 Å². The van der Waals surface area contributed by atoms with E-state index in [-0.39, 0.29) is 32.7 Å². The molecule has 33 heavy (non-hydrogen) atoms. The molecule has 1 aliphatic heterocycles. The van der Waals surface area contributed by atoms with Gasteiger partial charge in [0, 0.05) is 11.6 Å². The average molecular weight is 484 g/mol. The van der Waals surface area contributed by atoms with Crippen LogP contribution in [0.4, 0.5) is 0 Å². The molecule has 0 aliphatic carbocycles. The largest absolute Gasteiger partial charge is 0.507 e. The van der Waals surface area contributed by atoms with Crippen molar-refractivity contribution in [2.24, 2.45) is 0 Å². The molecule has 0 saturated carbocycles. The molecule has 1 amide bonds. The van der Waals surface area contributed by atoms with Crippen molar-refractivity contribution in [1.29, 1.82) is 0 Å². The van der Waals surface area contributed by atoms with E-state index in [1.165, 1.54) is 24.1 Å². The van der Waals surface area contributed by atoms with Crippen LogP contribution in [0.2, 0.25) is 10.0 Å². The van der Waals surface area contributed by atoms with Gasteiger partial charge in [0.2, 0.25) is 0 Å². The SMILES string of the molecule is CCCCN1C(=O)C(=O)/C(=C(/O)c2cc(Cl)cc(Cl)c2OC)C1c1cccc2ccccc12. The number of aliphatic hydroxyl groups is 1. The van der Waals surface area contributed by atoms with E-state index in [0.717, 1.165) is 29.2 Å². The highest BCUT2D eigenvalue weighted by Crippen LogP contribution is 2.44. The molecule has 170 valence electrons. The van der Waals surface area contributed by atoms with Crippen LogP contribution in [0.25, 0.3) is 16.5 Å². The third kappa shape index (κ3) is 4.07. The van der Waals surface area contributed by atoms with Gasteiger partial charge in [-0.3, -0.25) is 9.59 Å². The number of carbonyl (C=O) groups excluding carboxylic acids is 2. The smallest absolute Gasteiger partial charge is 0.295 e. The molecule has 5 nitrogen and oxygen atoms in total. The van der Waals surface area contributed by atoms with Crippen LogP contribution in [0.3, 0.4) is 0 Å². The Labute approximate surface area is 202 Å². The summed E-state index contributed by atoms with van der Waals surface area (Å²) in [6, 6.07) is 15.7. The normalized spacial score (nSPS) is 17.7. The van der Waals surface area contributed by atoms with Crippen molar-refractivity contribution in [3.05, 3.63) is 81.3 Å². The standard InChI is InChI=1S/C26H23Cl2NO4/c1-3-4-12-29-22(18-11-7-9-15-8-5-6-10-17(15)18)21(24(31)26(29)32)23(30)19-13-16(27)14-20(28)25(19)33-2/h5-11,13-14,22,30H,3-4,12H2,1-2H3/b23-21+. The lowest BCUT2D eigenvalue weighted by molar-refractivity contribution is -0.139. The highest BCUT2D eigenvalue weighted by molar-refractivity contribution is 6.47. The number of nitrogens with zero attached hydrogens (tertiary/aromatic N) is 1. The summed E-state index contributed by atoms with van der Waals surface area (Å²) in [6.07, 6.45) is 1.57. The van der Waals surface area contributed by atoms with Crippen LogP contribution in [-0.4, -0.2) is 35.4 Å². The minimum atomic E-state index is -0.759. The number of amides is 1. The molecule has 1 N–H and O–H groups in total. The van der Waals surface area contributed by atoms with Crippen molar-refractivity contribution in [2.75, 3.05) is 13.7 Å². The number of hydrogen-bond acceptors (Lipinski definition) is 4. The Morgan fingerprint density at radius 1 is 1.09 bits per heavy atom. The van der Waals surface area contributed by atoms with Crippen molar-refractivity contribution in [3.63, 3.8) is 0 Å². The summed E-state index contributed by atoms with van der Waals surface area (Å²) in [5.74, 6) is -1.59. The molecule has 0 spiro atoms. The Morgan fingerprint density at radius 2 is 1.82 bits per heavy atom. The number of fused-ring (bicyclic) bond motifs is 1. The number of ether oxygens (including phenoxy) is 1. The van der Waals surface area contributed by atoms with E-state index in [2.05, 4.69) is 0 Å². The molecular weight excluding hydrogens is 461 g/mol. The molecule has 1 heterocycles. The summed E-state index contributed by atoms with van der Waals surface area (Å²) in [4.78, 5) is 27.9. The zero-order valence-electron chi connectivity index (χ0n) is 18.3. The molecule has 1 atom stereocenters. The van der Waals surface area contributed by atoms with Crippen molar-refractivity contribution in [2.45, 2.75) is 25.8 Å². The van der Waals surface area contributed by atoms with Crippen LogP contribution < -0.4 is 4.74 Å². The summed E-state index contributed by atoms with van der Waals surface area (Å²) in [5, 5.41) is 13.7. The van der Waals surface area contributed by atoms with Crippen molar-refractivity contribution in [1.82, 2.24) is 4.90 Å². The first-order valence-corrected chi connectivity index (χ1v) is 11.4. The van der Waals surface area contributed by atoms with Gasteiger partial charge in [0.1, 0.15) is 11.5 Å². The van der Waals surface area contributed by atoms with Crippen molar-refractivity contribution >= 4 is 51.4 Å². The van der Waals surface area contributed by atoms with Gasteiger partial charge < -0.3 is 14.7 Å². The second-order valence-electron chi connectivity index (χ2n) is 7.88. The van der Waals surface area contributed by atoms with Crippen LogP contribution in [0.15, 0.2) is 60.2 Å². The van der Waals surface area contributed by atoms with Crippen LogP contribution in [0.1, 0.15) is 36.9 Å². The van der Waals surface area contributed by atoms with E-state index in [1.54, 1.807) is 0 Å². The average Bonchev–Trinajstić information content (AvgIpc) is 3.06. The number of aliphatic hydroxyl groups excluding tert-OH is 1. The Morgan fingerprint density at radius 3 is 2.55 bits per heavy atom. The van der Waals surface area contributed by atoms with Gasteiger partial charge in [-0.05, 0) is 34.9 Å². The molecule has 4 rings (SSSR count). The monoisotopic (exact) mass is 483 g/mol. The lowest BCUT2D eigenvalue weighted by Crippen LogP contribution is -2.30. The van der Waals surface area contributed by atoms with E-state index in [1.807, 2.05) is 49.4 Å². The van der Waals surface area contributed by atoms with Crippen LogP contribution in [-0.2, 0) is 9.59 Å². The number of unbranched alkanes of at least 4 members (excludes halogenated alkanes) is 1. The molecule has 3 aromatic carbocycles. The van der Waals surface area contributed by atoms with Crippen LogP contribution in [0, 0.1) is 0 Å². The zero-order chi connectivity index (χ0) is 23.7. The summed E-state index contributed by atoms with van der Waals surface area (Å²) in [7, 11) is 1.41. The van der Waals surface area contributed by atoms with E-state index >= 15 is 0 Å². The number of halogens is 2. The fourth-order valence-electron chi connectivity index (χ4n) is 4.34. The summed E-state index contributed by atoms with van der Waals surface area (Å²) >= 11 is 12.5. The summed E-state index contributed by atoms with van der Waals surface area (Å²) in [5.41, 5.74) is 0.912. The molecule has 1 saturated heterocycles. The topological polar surface area (TPSA) is 66.8 Å². The van der Waals surface area contributed by atoms with E-state index in [4.69, 9.17) is 27.9 Å². The fraction of sp³-hybridized carbons (Fsp3) is 0.231. The maximum absolute atomic E-state index is 13.3. The lowest BCUT2D eigenvalue weighted by atomic mass is 9.91. The number of Topliss-reactive ketones (excluding diaryl/α,β-unsaturated/α-hetero) is 1. The molecule has 1 aliphatic rings. The Balaban J connectivity index is 2.01. The molecule has 1 fully saturated rings. The first-order chi connectivity index (χ1) is 15.9. The highest BCUT2D eigenvalue weighted by Gasteiger charge is 2.46. The Bertz CT molecular complexity index is 1280. The van der Waals surface area contributed by atoms with Gasteiger partial charge in [0.05, 0.1) is 29.3 Å². The number of hydrogen-bond donors (Lipinski definition) is 1. The molecule has 1 unspecified atom stereocenters. The lowest BCUT2D eigenvalue weighted by Gasteiger charge is -2.26. The number of likely N-dealkylation sites (tertiary alicyclic amines) is 1. The number of carbonyl (C=O) groups is 2. The molecule has 0 radical (unpaired) electrons. The maximum atomic E-state index is 13.3. The predicted molar refractivity (Wildman–Crippen MR) is 131 cm³/mol. The van der Waals surface area contributed by atoms with Gasteiger partial charge in [-0.2, -0.15) is 0 Å². The highest BCUT2D eigenvalue weighted by atomic mass is 35.5. The number of rotatable bonds is 6. The quantitative estimate of drug-likeness (QED) is 0.251. The second-order valence-corrected chi connectivity index (χ2v) is 8.73. The first-order valence-electron chi connectivity index (χ1n) is 10.7. The van der Waals surface area contributed by atoms with Gasteiger partial charge in [-0.25, -0.2) is 0 Å². The van der Waals surface area contributed by atoms with Gasteiger partial charge in [-0.15, -0.1) is 0 Å². The maximum Gasteiger partial charge on any atom is 0.295 e. The third-order valence-corrected chi connectivity index (χ3v) is 6.38. The fourth-order valence-corrected chi connectivity index (χ4v) is 4.91. The number of ketones is 1. The summed E-state index contributed by atoms with van der Waals surface area (Å²) < 4.78 is 5.38. The van der Waals surface area contributed by atoms with Crippen LogP contribution >= 0.6 is 23.2 Å². The Kier molecular flexibility index (Phi) is 6.63. The molecule has 3 aromatic rings. The van der Waals surface area contributed by atoms with Crippen molar-refractivity contribution < 1.29 is 19.4 Å². The predicted octanol–water partition coefficient (Wildman–Crippen LogP) is 6.38.